The monoisotopic (exact) mass is 291 g/mol. The lowest BCUT2D eigenvalue weighted by molar-refractivity contribution is -0.161. The first kappa shape index (κ1) is 13.8. The Balaban J connectivity index is 2.10. The molecule has 0 spiro atoms. The molecule has 5 nitrogen and oxygen atoms in total. The molecule has 3 rings (SSSR count). The maximum absolute atomic E-state index is 13.0. The molecule has 1 amide bonds. The molecule has 2 heterocycles. The maximum atomic E-state index is 13.0. The highest BCUT2D eigenvalue weighted by Gasteiger charge is 2.56. The number of rotatable bonds is 2. The van der Waals surface area contributed by atoms with E-state index in [4.69, 9.17) is 4.74 Å². The van der Waals surface area contributed by atoms with Gasteiger partial charge in [0.1, 0.15) is 11.9 Å². The molecule has 0 aliphatic carbocycles. The van der Waals surface area contributed by atoms with Gasteiger partial charge in [-0.1, -0.05) is 0 Å². The lowest BCUT2D eigenvalue weighted by Gasteiger charge is -2.38. The number of carboxylic acid groups (broad SMARTS) is 1. The minimum Gasteiger partial charge on any atom is -0.480 e. The average Bonchev–Trinajstić information content (AvgIpc) is 2.92. The first-order chi connectivity index (χ1) is 9.94. The number of ether oxygens (including phenoxy) is 1. The zero-order chi connectivity index (χ0) is 15.2. The largest absolute Gasteiger partial charge is 0.480 e. The number of aliphatic carboxylic acids is 1. The van der Waals surface area contributed by atoms with Crippen molar-refractivity contribution < 1.29 is 23.8 Å². The lowest BCUT2D eigenvalue weighted by atomic mass is 9.77. The Morgan fingerprint density at radius 1 is 1.43 bits per heavy atom. The molecule has 0 radical (unpaired) electrons. The van der Waals surface area contributed by atoms with Gasteiger partial charge in [-0.15, -0.1) is 0 Å². The van der Waals surface area contributed by atoms with Gasteiger partial charge >= 0.3 is 5.97 Å². The fraction of sp³-hybridized carbons (Fsp3) is 0.333. The Kier molecular flexibility index (Phi) is 3.06. The number of nitrogens with zero attached hydrogens (tertiary/aromatic N) is 1. The highest BCUT2D eigenvalue weighted by atomic mass is 19.1. The third kappa shape index (κ3) is 1.94. The van der Waals surface area contributed by atoms with Crippen molar-refractivity contribution in [1.82, 2.24) is 0 Å². The van der Waals surface area contributed by atoms with Crippen molar-refractivity contribution in [2.45, 2.75) is 19.4 Å². The van der Waals surface area contributed by atoms with Gasteiger partial charge in [0, 0.05) is 11.9 Å². The van der Waals surface area contributed by atoms with E-state index in [1.807, 2.05) is 0 Å². The van der Waals surface area contributed by atoms with Gasteiger partial charge in [-0.2, -0.15) is 0 Å². The molecular formula is C15H14FNO4. The normalized spacial score (nSPS) is 28.3. The van der Waals surface area contributed by atoms with Crippen LogP contribution in [0.5, 0.6) is 0 Å². The standard InChI is InChI=1S/C15H14FNO4/c1-15(14(19)20)12-9(6-7-21-12)8-17(13(15)18)11-4-2-10(16)3-5-11/h2-5,8,12H,6-7H2,1H3,(H,19,20). The van der Waals surface area contributed by atoms with Crippen LogP contribution in [-0.2, 0) is 14.3 Å². The number of amides is 1. The van der Waals surface area contributed by atoms with Crippen LogP contribution in [0.1, 0.15) is 13.3 Å². The molecular weight excluding hydrogens is 277 g/mol. The Morgan fingerprint density at radius 2 is 2.10 bits per heavy atom. The minimum absolute atomic E-state index is 0.393. The number of anilines is 1. The number of carbonyl (C=O) groups excluding carboxylic acids is 1. The summed E-state index contributed by atoms with van der Waals surface area (Å²) in [6.45, 7) is 1.76. The van der Waals surface area contributed by atoms with E-state index in [0.717, 1.165) is 5.57 Å². The van der Waals surface area contributed by atoms with Crippen molar-refractivity contribution in [2.24, 2.45) is 5.41 Å². The number of fused-ring (bicyclic) bond motifs is 1. The van der Waals surface area contributed by atoms with Crippen LogP contribution in [0.15, 0.2) is 36.0 Å². The van der Waals surface area contributed by atoms with Gasteiger partial charge in [0.2, 0.25) is 0 Å². The lowest BCUT2D eigenvalue weighted by Crippen LogP contribution is -2.55. The molecule has 110 valence electrons. The van der Waals surface area contributed by atoms with Crippen molar-refractivity contribution in [3.63, 3.8) is 0 Å². The number of carbonyl (C=O) groups is 2. The van der Waals surface area contributed by atoms with Crippen LogP contribution in [0.2, 0.25) is 0 Å². The van der Waals surface area contributed by atoms with Crippen molar-refractivity contribution in [2.75, 3.05) is 11.5 Å². The first-order valence-corrected chi connectivity index (χ1v) is 6.59. The van der Waals surface area contributed by atoms with Crippen molar-refractivity contribution in [3.05, 3.63) is 41.9 Å². The van der Waals surface area contributed by atoms with Crippen LogP contribution in [-0.4, -0.2) is 29.7 Å². The molecule has 2 aliphatic rings. The number of benzene rings is 1. The number of carboxylic acids is 1. The van der Waals surface area contributed by atoms with E-state index in [2.05, 4.69) is 0 Å². The van der Waals surface area contributed by atoms with Crippen molar-refractivity contribution >= 4 is 17.6 Å². The van der Waals surface area contributed by atoms with E-state index in [9.17, 15) is 19.1 Å². The summed E-state index contributed by atoms with van der Waals surface area (Å²) in [6, 6.07) is 5.36. The van der Waals surface area contributed by atoms with Gasteiger partial charge in [-0.25, -0.2) is 4.39 Å². The summed E-state index contributed by atoms with van der Waals surface area (Å²) < 4.78 is 18.5. The van der Waals surface area contributed by atoms with E-state index in [-0.39, 0.29) is 0 Å². The van der Waals surface area contributed by atoms with E-state index in [0.29, 0.717) is 18.7 Å². The summed E-state index contributed by atoms with van der Waals surface area (Å²) in [6.07, 6.45) is 1.45. The molecule has 1 fully saturated rings. The second kappa shape index (κ2) is 4.66. The molecule has 2 unspecified atom stereocenters. The zero-order valence-electron chi connectivity index (χ0n) is 11.4. The minimum atomic E-state index is -1.67. The number of hydrogen-bond acceptors (Lipinski definition) is 3. The zero-order valence-corrected chi connectivity index (χ0v) is 11.4. The van der Waals surface area contributed by atoms with Gasteiger partial charge in [-0.05, 0) is 43.2 Å². The fourth-order valence-electron chi connectivity index (χ4n) is 2.79. The topological polar surface area (TPSA) is 66.8 Å². The second-order valence-corrected chi connectivity index (χ2v) is 5.36. The molecule has 21 heavy (non-hydrogen) atoms. The molecule has 2 aliphatic heterocycles. The van der Waals surface area contributed by atoms with Crippen LogP contribution in [0.3, 0.4) is 0 Å². The van der Waals surface area contributed by atoms with Gasteiger partial charge in [0.05, 0.1) is 6.61 Å². The Morgan fingerprint density at radius 3 is 2.71 bits per heavy atom. The van der Waals surface area contributed by atoms with Gasteiger partial charge in [0.15, 0.2) is 5.41 Å². The summed E-state index contributed by atoms with van der Waals surface area (Å²) in [5.74, 6) is -2.23. The molecule has 1 aromatic rings. The summed E-state index contributed by atoms with van der Waals surface area (Å²) in [7, 11) is 0. The van der Waals surface area contributed by atoms with Gasteiger partial charge < -0.3 is 9.84 Å². The summed E-state index contributed by atoms with van der Waals surface area (Å²) >= 11 is 0. The summed E-state index contributed by atoms with van der Waals surface area (Å²) in [4.78, 5) is 25.6. The first-order valence-electron chi connectivity index (χ1n) is 6.59. The second-order valence-electron chi connectivity index (χ2n) is 5.36. The van der Waals surface area contributed by atoms with E-state index < -0.39 is 29.2 Å². The van der Waals surface area contributed by atoms with Crippen LogP contribution in [0.4, 0.5) is 10.1 Å². The Labute approximate surface area is 120 Å². The predicted octanol–water partition coefficient (Wildman–Crippen LogP) is 1.94. The number of halogens is 1. The molecule has 0 bridgehead atoms. The average molecular weight is 291 g/mol. The summed E-state index contributed by atoms with van der Waals surface area (Å²) in [5.41, 5.74) is -0.467. The fourth-order valence-corrected chi connectivity index (χ4v) is 2.79. The Bertz CT molecular complexity index is 640. The smallest absolute Gasteiger partial charge is 0.322 e. The molecule has 6 heteroatoms. The third-order valence-corrected chi connectivity index (χ3v) is 4.04. The predicted molar refractivity (Wildman–Crippen MR) is 72.1 cm³/mol. The summed E-state index contributed by atoms with van der Waals surface area (Å²) in [5, 5.41) is 9.51. The van der Waals surface area contributed by atoms with E-state index in [1.54, 1.807) is 6.20 Å². The SMILES string of the molecule is CC1(C(=O)O)C(=O)N(c2ccc(F)cc2)C=C2CCOC21. The Hall–Kier alpha value is -2.21. The molecule has 1 N–H and O–H groups in total. The van der Waals surface area contributed by atoms with Crippen LogP contribution in [0, 0.1) is 11.2 Å². The van der Waals surface area contributed by atoms with Gasteiger partial charge in [0.25, 0.3) is 5.91 Å². The number of hydrogen-bond donors (Lipinski definition) is 1. The van der Waals surface area contributed by atoms with Crippen molar-refractivity contribution in [3.8, 4) is 0 Å². The highest BCUT2D eigenvalue weighted by molar-refractivity contribution is 6.12. The molecule has 0 aromatic heterocycles. The quantitative estimate of drug-likeness (QED) is 0.846. The molecule has 1 saturated heterocycles. The van der Waals surface area contributed by atoms with Crippen molar-refractivity contribution in [1.29, 1.82) is 0 Å². The molecule has 2 atom stereocenters. The third-order valence-electron chi connectivity index (χ3n) is 4.04. The van der Waals surface area contributed by atoms with Crippen LogP contribution in [0.25, 0.3) is 0 Å². The maximum Gasteiger partial charge on any atom is 0.322 e. The van der Waals surface area contributed by atoms with Crippen LogP contribution < -0.4 is 4.90 Å². The highest BCUT2D eigenvalue weighted by Crippen LogP contribution is 2.42. The molecule has 0 saturated carbocycles. The molecule has 1 aromatic carbocycles. The van der Waals surface area contributed by atoms with E-state index in [1.165, 1.54) is 36.1 Å². The van der Waals surface area contributed by atoms with E-state index >= 15 is 0 Å². The van der Waals surface area contributed by atoms with Gasteiger partial charge in [-0.3, -0.25) is 14.5 Å². The van der Waals surface area contributed by atoms with Crippen LogP contribution >= 0.6 is 0 Å².